The highest BCUT2D eigenvalue weighted by atomic mass is 16.3. The van der Waals surface area contributed by atoms with Gasteiger partial charge in [0.05, 0.1) is 11.8 Å². The fourth-order valence-electron chi connectivity index (χ4n) is 1.39. The summed E-state index contributed by atoms with van der Waals surface area (Å²) in [5.41, 5.74) is 5.91. The second-order valence-corrected chi connectivity index (χ2v) is 4.38. The van der Waals surface area contributed by atoms with E-state index in [9.17, 15) is 4.79 Å². The maximum atomic E-state index is 11.8. The molecule has 0 bridgehead atoms. The van der Waals surface area contributed by atoms with Crippen LogP contribution in [-0.2, 0) is 11.3 Å². The summed E-state index contributed by atoms with van der Waals surface area (Å²) in [6.07, 6.45) is 1.62. The fraction of sp³-hybridized carbons (Fsp3) is 0.545. The summed E-state index contributed by atoms with van der Waals surface area (Å²) < 4.78 is 5.16. The van der Waals surface area contributed by atoms with Gasteiger partial charge in [0.1, 0.15) is 5.76 Å². The molecule has 2 N–H and O–H groups in total. The maximum Gasteiger partial charge on any atom is 0.242 e. The standard InChI is InChI=1S/C11H18N2O2/c1-8-9(5-6-15-8)7-13(4)10(14)11(2,3)12/h5-6H,7,12H2,1-4H3. The number of aryl methyl sites for hydroxylation is 1. The molecule has 0 aliphatic carbocycles. The van der Waals surface area contributed by atoms with Gasteiger partial charge >= 0.3 is 0 Å². The highest BCUT2D eigenvalue weighted by Crippen LogP contribution is 2.13. The monoisotopic (exact) mass is 210 g/mol. The molecular formula is C11H18N2O2. The summed E-state index contributed by atoms with van der Waals surface area (Å²) in [6, 6.07) is 1.86. The Kier molecular flexibility index (Phi) is 3.19. The Hall–Kier alpha value is -1.29. The highest BCUT2D eigenvalue weighted by molar-refractivity contribution is 5.84. The first-order valence-corrected chi connectivity index (χ1v) is 4.90. The Morgan fingerprint density at radius 3 is 2.60 bits per heavy atom. The Labute approximate surface area is 90.0 Å². The predicted octanol–water partition coefficient (Wildman–Crippen LogP) is 1.28. The number of hydrogen-bond acceptors (Lipinski definition) is 3. The number of furan rings is 1. The lowest BCUT2D eigenvalue weighted by Gasteiger charge is -2.25. The molecule has 1 heterocycles. The van der Waals surface area contributed by atoms with Crippen LogP contribution in [0, 0.1) is 6.92 Å². The average molecular weight is 210 g/mol. The van der Waals surface area contributed by atoms with Crippen molar-refractivity contribution in [3.8, 4) is 0 Å². The summed E-state index contributed by atoms with van der Waals surface area (Å²) in [6.45, 7) is 5.81. The molecule has 4 heteroatoms. The molecule has 84 valence electrons. The van der Waals surface area contributed by atoms with Gasteiger partial charge in [-0.05, 0) is 26.8 Å². The number of nitrogens with two attached hydrogens (primary N) is 1. The van der Waals surface area contributed by atoms with Gasteiger partial charge < -0.3 is 15.1 Å². The van der Waals surface area contributed by atoms with E-state index in [1.165, 1.54) is 0 Å². The normalized spacial score (nSPS) is 11.5. The lowest BCUT2D eigenvalue weighted by atomic mass is 10.1. The molecule has 0 spiro atoms. The summed E-state index contributed by atoms with van der Waals surface area (Å²) in [4.78, 5) is 13.4. The number of carbonyl (C=O) groups is 1. The van der Waals surface area contributed by atoms with Gasteiger partial charge in [0.15, 0.2) is 0 Å². The van der Waals surface area contributed by atoms with Gasteiger partial charge in [-0.25, -0.2) is 0 Å². The zero-order chi connectivity index (χ0) is 11.6. The van der Waals surface area contributed by atoms with E-state index in [1.54, 1.807) is 32.1 Å². The summed E-state index contributed by atoms with van der Waals surface area (Å²) >= 11 is 0. The largest absolute Gasteiger partial charge is 0.469 e. The molecule has 0 aliphatic rings. The zero-order valence-electron chi connectivity index (χ0n) is 9.70. The molecule has 0 aromatic carbocycles. The third-order valence-corrected chi connectivity index (χ3v) is 2.27. The molecule has 15 heavy (non-hydrogen) atoms. The van der Waals surface area contributed by atoms with Crippen LogP contribution in [0.2, 0.25) is 0 Å². The summed E-state index contributed by atoms with van der Waals surface area (Å²) in [5, 5.41) is 0. The summed E-state index contributed by atoms with van der Waals surface area (Å²) in [5.74, 6) is 0.757. The van der Waals surface area contributed by atoms with Gasteiger partial charge in [-0.1, -0.05) is 0 Å². The van der Waals surface area contributed by atoms with Crippen molar-refractivity contribution in [2.24, 2.45) is 5.73 Å². The van der Waals surface area contributed by atoms with Gasteiger partial charge in [0.2, 0.25) is 5.91 Å². The van der Waals surface area contributed by atoms with Crippen LogP contribution >= 0.6 is 0 Å². The van der Waals surface area contributed by atoms with E-state index in [1.807, 2.05) is 13.0 Å². The SMILES string of the molecule is Cc1occc1CN(C)C(=O)C(C)(C)N. The molecule has 0 saturated carbocycles. The van der Waals surface area contributed by atoms with Crippen LogP contribution in [0.25, 0.3) is 0 Å². The smallest absolute Gasteiger partial charge is 0.242 e. The molecule has 1 aromatic heterocycles. The van der Waals surface area contributed by atoms with Crippen LogP contribution in [0.1, 0.15) is 25.2 Å². The van der Waals surface area contributed by atoms with Crippen molar-refractivity contribution in [3.05, 3.63) is 23.7 Å². The Balaban J connectivity index is 2.68. The molecule has 0 atom stereocenters. The first-order chi connectivity index (χ1) is 6.82. The molecule has 0 saturated heterocycles. The fourth-order valence-corrected chi connectivity index (χ4v) is 1.39. The van der Waals surface area contributed by atoms with Gasteiger partial charge in [-0.2, -0.15) is 0 Å². The van der Waals surface area contributed by atoms with E-state index >= 15 is 0 Å². The Morgan fingerprint density at radius 1 is 1.60 bits per heavy atom. The summed E-state index contributed by atoms with van der Waals surface area (Å²) in [7, 11) is 1.74. The molecule has 4 nitrogen and oxygen atoms in total. The first kappa shape index (κ1) is 11.8. The van der Waals surface area contributed by atoms with Crippen molar-refractivity contribution in [2.45, 2.75) is 32.9 Å². The van der Waals surface area contributed by atoms with Gasteiger partial charge in [0.25, 0.3) is 0 Å². The number of carbonyl (C=O) groups excluding carboxylic acids is 1. The number of rotatable bonds is 3. The van der Waals surface area contributed by atoms with Crippen LogP contribution in [-0.4, -0.2) is 23.4 Å². The van der Waals surface area contributed by atoms with E-state index in [2.05, 4.69) is 0 Å². The van der Waals surface area contributed by atoms with Gasteiger partial charge in [-0.3, -0.25) is 4.79 Å². The molecule has 0 radical (unpaired) electrons. The van der Waals surface area contributed by atoms with Crippen LogP contribution in [0.3, 0.4) is 0 Å². The Morgan fingerprint density at radius 2 is 2.20 bits per heavy atom. The maximum absolute atomic E-state index is 11.8. The Bertz CT molecular complexity index is 350. The van der Waals surface area contributed by atoms with Crippen LogP contribution in [0.5, 0.6) is 0 Å². The molecule has 1 amide bonds. The topological polar surface area (TPSA) is 59.5 Å². The van der Waals surface area contributed by atoms with Crippen molar-refractivity contribution in [1.29, 1.82) is 0 Å². The van der Waals surface area contributed by atoms with E-state index < -0.39 is 5.54 Å². The van der Waals surface area contributed by atoms with Crippen LogP contribution in [0.15, 0.2) is 16.7 Å². The molecule has 0 fully saturated rings. The second-order valence-electron chi connectivity index (χ2n) is 4.38. The van der Waals surface area contributed by atoms with Crippen molar-refractivity contribution in [3.63, 3.8) is 0 Å². The third-order valence-electron chi connectivity index (χ3n) is 2.27. The molecule has 1 aromatic rings. The molecular weight excluding hydrogens is 192 g/mol. The van der Waals surface area contributed by atoms with E-state index in [0.717, 1.165) is 11.3 Å². The molecule has 0 unspecified atom stereocenters. The van der Waals surface area contributed by atoms with Gasteiger partial charge in [0, 0.05) is 19.2 Å². The van der Waals surface area contributed by atoms with Gasteiger partial charge in [-0.15, -0.1) is 0 Å². The van der Waals surface area contributed by atoms with E-state index in [0.29, 0.717) is 6.54 Å². The minimum atomic E-state index is -0.827. The highest BCUT2D eigenvalue weighted by Gasteiger charge is 2.25. The zero-order valence-corrected chi connectivity index (χ0v) is 9.70. The van der Waals surface area contributed by atoms with E-state index in [-0.39, 0.29) is 5.91 Å². The average Bonchev–Trinajstić information content (AvgIpc) is 2.49. The van der Waals surface area contributed by atoms with E-state index in [4.69, 9.17) is 10.2 Å². The minimum absolute atomic E-state index is 0.0805. The lowest BCUT2D eigenvalue weighted by molar-refractivity contribution is -0.135. The number of likely N-dealkylation sites (N-methyl/N-ethyl adjacent to an activating group) is 1. The van der Waals surface area contributed by atoms with Crippen molar-refractivity contribution in [1.82, 2.24) is 4.90 Å². The van der Waals surface area contributed by atoms with Crippen LogP contribution < -0.4 is 5.73 Å². The van der Waals surface area contributed by atoms with Crippen molar-refractivity contribution in [2.75, 3.05) is 7.05 Å². The number of amides is 1. The van der Waals surface area contributed by atoms with Crippen molar-refractivity contribution < 1.29 is 9.21 Å². The van der Waals surface area contributed by atoms with Crippen LogP contribution in [0.4, 0.5) is 0 Å². The van der Waals surface area contributed by atoms with Crippen molar-refractivity contribution >= 4 is 5.91 Å². The number of nitrogens with zero attached hydrogens (tertiary/aromatic N) is 1. The predicted molar refractivity (Wildman–Crippen MR) is 58.2 cm³/mol. The molecule has 1 rings (SSSR count). The first-order valence-electron chi connectivity index (χ1n) is 4.90. The minimum Gasteiger partial charge on any atom is -0.469 e. The second kappa shape index (κ2) is 4.06. The number of hydrogen-bond donors (Lipinski definition) is 1. The molecule has 0 aliphatic heterocycles. The lowest BCUT2D eigenvalue weighted by Crippen LogP contribution is -2.49. The quantitative estimate of drug-likeness (QED) is 0.817. The third kappa shape index (κ3) is 2.83.